The minimum atomic E-state index is -0.0174. The maximum Gasteiger partial charge on any atom is 0.254 e. The summed E-state index contributed by atoms with van der Waals surface area (Å²) in [6.45, 7) is 11.3. The Morgan fingerprint density at radius 3 is 2.62 bits per heavy atom. The van der Waals surface area contributed by atoms with Crippen LogP contribution in [-0.2, 0) is 5.41 Å². The molecule has 0 spiro atoms. The zero-order chi connectivity index (χ0) is 15.5. The summed E-state index contributed by atoms with van der Waals surface area (Å²) in [5.74, 6) is 0.178. The van der Waals surface area contributed by atoms with Gasteiger partial charge in [-0.2, -0.15) is 0 Å². The van der Waals surface area contributed by atoms with Crippen molar-refractivity contribution in [2.24, 2.45) is 0 Å². The van der Waals surface area contributed by atoms with Crippen LogP contribution in [0.15, 0.2) is 24.3 Å². The Kier molecular flexibility index (Phi) is 5.04. The second kappa shape index (κ2) is 6.61. The molecule has 0 radical (unpaired) electrons. The van der Waals surface area contributed by atoms with Gasteiger partial charge in [-0.15, -0.1) is 0 Å². The van der Waals surface area contributed by atoms with Crippen LogP contribution >= 0.6 is 0 Å². The van der Waals surface area contributed by atoms with E-state index < -0.39 is 0 Å². The van der Waals surface area contributed by atoms with Crippen molar-refractivity contribution in [1.82, 2.24) is 10.2 Å². The van der Waals surface area contributed by atoms with Crippen LogP contribution in [0.3, 0.4) is 0 Å². The van der Waals surface area contributed by atoms with E-state index in [2.05, 4.69) is 39.1 Å². The van der Waals surface area contributed by atoms with E-state index in [1.807, 2.05) is 23.1 Å². The normalized spacial score (nSPS) is 19.3. The molecule has 2 rings (SSSR count). The molecule has 1 atom stereocenters. The van der Waals surface area contributed by atoms with Gasteiger partial charge in [0.15, 0.2) is 0 Å². The number of nitrogens with zero attached hydrogens (tertiary/aromatic N) is 1. The van der Waals surface area contributed by atoms with Crippen LogP contribution < -0.4 is 5.32 Å². The van der Waals surface area contributed by atoms with Gasteiger partial charge in [-0.05, 0) is 43.4 Å². The first-order valence-electron chi connectivity index (χ1n) is 8.06. The SMILES string of the molecule is CCN(C(=O)c1ccccc1C(C)(C)C)C1CCCNC1. The summed E-state index contributed by atoms with van der Waals surface area (Å²) < 4.78 is 0. The van der Waals surface area contributed by atoms with E-state index >= 15 is 0 Å². The molecular weight excluding hydrogens is 260 g/mol. The summed E-state index contributed by atoms with van der Waals surface area (Å²) in [6, 6.07) is 8.37. The van der Waals surface area contributed by atoms with Crippen molar-refractivity contribution < 1.29 is 4.79 Å². The topological polar surface area (TPSA) is 32.3 Å². The van der Waals surface area contributed by atoms with Gasteiger partial charge in [0, 0.05) is 24.7 Å². The molecule has 0 saturated carbocycles. The summed E-state index contributed by atoms with van der Waals surface area (Å²) in [4.78, 5) is 15.1. The molecule has 21 heavy (non-hydrogen) atoms. The molecule has 1 N–H and O–H groups in total. The summed E-state index contributed by atoms with van der Waals surface area (Å²) in [6.07, 6.45) is 2.25. The molecule has 1 saturated heterocycles. The van der Waals surface area contributed by atoms with Crippen molar-refractivity contribution >= 4 is 5.91 Å². The molecule has 1 aromatic carbocycles. The van der Waals surface area contributed by atoms with Crippen molar-refractivity contribution in [1.29, 1.82) is 0 Å². The predicted molar refractivity (Wildman–Crippen MR) is 87.7 cm³/mol. The summed E-state index contributed by atoms with van der Waals surface area (Å²) >= 11 is 0. The van der Waals surface area contributed by atoms with Gasteiger partial charge in [-0.25, -0.2) is 0 Å². The second-order valence-corrected chi connectivity index (χ2v) is 6.89. The van der Waals surface area contributed by atoms with Gasteiger partial charge in [0.05, 0.1) is 0 Å². The smallest absolute Gasteiger partial charge is 0.254 e. The van der Waals surface area contributed by atoms with Crippen LogP contribution in [-0.4, -0.2) is 36.5 Å². The average Bonchev–Trinajstić information content (AvgIpc) is 2.48. The lowest BCUT2D eigenvalue weighted by Gasteiger charge is -2.35. The Hall–Kier alpha value is -1.35. The number of carbonyl (C=O) groups excluding carboxylic acids is 1. The quantitative estimate of drug-likeness (QED) is 0.926. The molecule has 1 fully saturated rings. The van der Waals surface area contributed by atoms with Gasteiger partial charge in [-0.1, -0.05) is 39.0 Å². The van der Waals surface area contributed by atoms with E-state index in [1.165, 1.54) is 0 Å². The van der Waals surface area contributed by atoms with Gasteiger partial charge in [0.25, 0.3) is 5.91 Å². The third kappa shape index (κ3) is 3.65. The van der Waals surface area contributed by atoms with Gasteiger partial charge in [-0.3, -0.25) is 4.79 Å². The van der Waals surface area contributed by atoms with E-state index in [4.69, 9.17) is 0 Å². The zero-order valence-corrected chi connectivity index (χ0v) is 13.8. The van der Waals surface area contributed by atoms with E-state index in [9.17, 15) is 4.79 Å². The molecule has 3 heteroatoms. The van der Waals surface area contributed by atoms with Crippen LogP contribution in [0, 0.1) is 0 Å². The van der Waals surface area contributed by atoms with Crippen LogP contribution in [0.25, 0.3) is 0 Å². The largest absolute Gasteiger partial charge is 0.335 e. The van der Waals surface area contributed by atoms with E-state index in [0.29, 0.717) is 6.04 Å². The Morgan fingerprint density at radius 2 is 2.05 bits per heavy atom. The number of hydrogen-bond donors (Lipinski definition) is 1. The second-order valence-electron chi connectivity index (χ2n) is 6.89. The van der Waals surface area contributed by atoms with Crippen LogP contribution in [0.2, 0.25) is 0 Å². The average molecular weight is 288 g/mol. The van der Waals surface area contributed by atoms with Crippen molar-refractivity contribution in [3.63, 3.8) is 0 Å². The zero-order valence-electron chi connectivity index (χ0n) is 13.8. The molecule has 0 bridgehead atoms. The van der Waals surface area contributed by atoms with Crippen LogP contribution in [0.4, 0.5) is 0 Å². The number of carbonyl (C=O) groups is 1. The molecule has 0 aromatic heterocycles. The maximum absolute atomic E-state index is 13.0. The fraction of sp³-hybridized carbons (Fsp3) is 0.611. The molecule has 1 amide bonds. The van der Waals surface area contributed by atoms with Crippen molar-refractivity contribution in [2.75, 3.05) is 19.6 Å². The van der Waals surface area contributed by atoms with Crippen molar-refractivity contribution in [3.05, 3.63) is 35.4 Å². The Morgan fingerprint density at radius 1 is 1.33 bits per heavy atom. The van der Waals surface area contributed by atoms with E-state index in [-0.39, 0.29) is 11.3 Å². The van der Waals surface area contributed by atoms with Gasteiger partial charge in [0.2, 0.25) is 0 Å². The van der Waals surface area contributed by atoms with Crippen LogP contribution in [0.1, 0.15) is 56.5 Å². The number of rotatable bonds is 3. The van der Waals surface area contributed by atoms with Crippen LogP contribution in [0.5, 0.6) is 0 Å². The predicted octanol–water partition coefficient (Wildman–Crippen LogP) is 3.20. The third-order valence-electron chi connectivity index (χ3n) is 4.28. The lowest BCUT2D eigenvalue weighted by atomic mass is 9.83. The highest BCUT2D eigenvalue weighted by atomic mass is 16.2. The fourth-order valence-corrected chi connectivity index (χ4v) is 3.15. The Bertz CT molecular complexity index is 484. The molecule has 0 aliphatic carbocycles. The number of likely N-dealkylation sites (N-methyl/N-ethyl adjacent to an activating group) is 1. The highest BCUT2D eigenvalue weighted by molar-refractivity contribution is 5.96. The minimum absolute atomic E-state index is 0.0174. The first-order chi connectivity index (χ1) is 9.95. The molecule has 3 nitrogen and oxygen atoms in total. The number of piperidine rings is 1. The number of hydrogen-bond acceptors (Lipinski definition) is 2. The summed E-state index contributed by atoms with van der Waals surface area (Å²) in [7, 11) is 0. The molecule has 1 aromatic rings. The number of amides is 1. The molecule has 1 aliphatic rings. The summed E-state index contributed by atoms with van der Waals surface area (Å²) in [5.41, 5.74) is 1.98. The first-order valence-corrected chi connectivity index (χ1v) is 8.06. The maximum atomic E-state index is 13.0. The highest BCUT2D eigenvalue weighted by Gasteiger charge is 2.28. The lowest BCUT2D eigenvalue weighted by molar-refractivity contribution is 0.0659. The first kappa shape index (κ1) is 16.0. The van der Waals surface area contributed by atoms with Crippen molar-refractivity contribution in [3.8, 4) is 0 Å². The standard InChI is InChI=1S/C18H28N2O/c1-5-20(14-9-8-12-19-13-14)17(21)15-10-6-7-11-16(15)18(2,3)4/h6-7,10-11,14,19H,5,8-9,12-13H2,1-4H3. The van der Waals surface area contributed by atoms with Gasteiger partial charge >= 0.3 is 0 Å². The van der Waals surface area contributed by atoms with E-state index in [1.54, 1.807) is 0 Å². The van der Waals surface area contributed by atoms with E-state index in [0.717, 1.165) is 43.6 Å². The molecule has 1 heterocycles. The molecule has 1 aliphatic heterocycles. The van der Waals surface area contributed by atoms with Crippen molar-refractivity contribution in [2.45, 2.75) is 52.0 Å². The number of benzene rings is 1. The Balaban J connectivity index is 2.29. The third-order valence-corrected chi connectivity index (χ3v) is 4.28. The minimum Gasteiger partial charge on any atom is -0.335 e. The van der Waals surface area contributed by atoms with Gasteiger partial charge < -0.3 is 10.2 Å². The molecular formula is C18H28N2O. The fourth-order valence-electron chi connectivity index (χ4n) is 3.15. The molecule has 116 valence electrons. The van der Waals surface area contributed by atoms with Gasteiger partial charge in [0.1, 0.15) is 0 Å². The Labute approximate surface area is 128 Å². The monoisotopic (exact) mass is 288 g/mol. The highest BCUT2D eigenvalue weighted by Crippen LogP contribution is 2.27. The number of nitrogens with one attached hydrogen (secondary N) is 1. The summed E-state index contributed by atoms with van der Waals surface area (Å²) in [5, 5.41) is 3.41. The molecule has 1 unspecified atom stereocenters. The lowest BCUT2D eigenvalue weighted by Crippen LogP contribution is -2.49.